The molecule has 29 heavy (non-hydrogen) atoms. The zero-order valence-electron chi connectivity index (χ0n) is 15.4. The van der Waals surface area contributed by atoms with Crippen LogP contribution in [0.3, 0.4) is 0 Å². The number of carbonyl (C=O) groups is 4. The molecule has 146 valence electrons. The van der Waals surface area contributed by atoms with Gasteiger partial charge in [-0.25, -0.2) is 5.01 Å². The van der Waals surface area contributed by atoms with Gasteiger partial charge in [-0.1, -0.05) is 42.5 Å². The molecular weight excluding hydrogens is 374 g/mol. The number of hydrogen-bond donors (Lipinski definition) is 0. The predicted molar refractivity (Wildman–Crippen MR) is 102 cm³/mol. The second-order valence-corrected chi connectivity index (χ2v) is 6.58. The fraction of sp³-hybridized carbons (Fsp3) is 0.190. The number of benzene rings is 2. The Kier molecular flexibility index (Phi) is 4.90. The zero-order chi connectivity index (χ0) is 20.4. The molecule has 2 aromatic rings. The van der Waals surface area contributed by atoms with E-state index in [1.165, 1.54) is 17.1 Å². The van der Waals surface area contributed by atoms with Crippen LogP contribution in [0.15, 0.2) is 59.7 Å². The minimum atomic E-state index is -0.834. The average molecular weight is 391 g/mol. The molecule has 0 N–H and O–H groups in total. The molecule has 0 fully saturated rings. The van der Waals surface area contributed by atoms with Crippen molar-refractivity contribution < 1.29 is 23.9 Å². The van der Waals surface area contributed by atoms with Gasteiger partial charge in [-0.05, 0) is 17.7 Å². The fourth-order valence-electron chi connectivity index (χ4n) is 3.24. The van der Waals surface area contributed by atoms with Crippen molar-refractivity contribution in [3.63, 3.8) is 0 Å². The second kappa shape index (κ2) is 7.67. The van der Waals surface area contributed by atoms with Gasteiger partial charge in [0, 0.05) is 6.42 Å². The normalized spacial score (nSPS) is 15.4. The van der Waals surface area contributed by atoms with E-state index >= 15 is 0 Å². The van der Waals surface area contributed by atoms with E-state index in [1.54, 1.807) is 12.1 Å². The maximum atomic E-state index is 12.3. The number of nitrogens with zero attached hydrogens (tertiary/aromatic N) is 3. The first kappa shape index (κ1) is 18.5. The SMILES string of the molecule is O=C(CN1C(=O)c2ccccc2C1=O)OCC(=O)N1CCC(c2ccccc2)=N1. The number of fused-ring (bicyclic) bond motifs is 1. The van der Waals surface area contributed by atoms with Gasteiger partial charge in [-0.15, -0.1) is 0 Å². The Labute approximate surface area is 166 Å². The predicted octanol–water partition coefficient (Wildman–Crippen LogP) is 1.46. The number of carbonyl (C=O) groups excluding carboxylic acids is 4. The fourth-order valence-corrected chi connectivity index (χ4v) is 3.24. The van der Waals surface area contributed by atoms with Crippen molar-refractivity contribution in [2.75, 3.05) is 19.7 Å². The summed E-state index contributed by atoms with van der Waals surface area (Å²) in [5, 5.41) is 5.54. The van der Waals surface area contributed by atoms with E-state index < -0.39 is 36.8 Å². The molecule has 0 unspecified atom stereocenters. The molecule has 0 aromatic heterocycles. The standard InChI is InChI=1S/C21H17N3O5/c25-18(24-11-10-17(22-24)14-6-2-1-3-7-14)13-29-19(26)12-23-20(27)15-8-4-5-9-16(15)21(23)28/h1-9H,10-13H2. The van der Waals surface area contributed by atoms with E-state index in [0.717, 1.165) is 16.2 Å². The molecule has 0 saturated carbocycles. The summed E-state index contributed by atoms with van der Waals surface area (Å²) in [6.07, 6.45) is 0.610. The third-order valence-corrected chi connectivity index (χ3v) is 4.72. The van der Waals surface area contributed by atoms with E-state index in [0.29, 0.717) is 13.0 Å². The van der Waals surface area contributed by atoms with Crippen molar-refractivity contribution in [3.05, 3.63) is 71.3 Å². The molecule has 2 heterocycles. The Balaban J connectivity index is 1.32. The molecule has 0 atom stereocenters. The first-order valence-electron chi connectivity index (χ1n) is 9.08. The smallest absolute Gasteiger partial charge is 0.326 e. The largest absolute Gasteiger partial charge is 0.454 e. The van der Waals surface area contributed by atoms with E-state index in [9.17, 15) is 19.2 Å². The number of rotatable bonds is 5. The number of amides is 3. The van der Waals surface area contributed by atoms with Crippen LogP contribution in [0.1, 0.15) is 32.7 Å². The highest BCUT2D eigenvalue weighted by Gasteiger charge is 2.36. The number of ether oxygens (including phenoxy) is 1. The average Bonchev–Trinajstić information content (AvgIpc) is 3.33. The molecule has 0 spiro atoms. The van der Waals surface area contributed by atoms with Crippen LogP contribution in [-0.4, -0.2) is 59.0 Å². The molecule has 2 aliphatic rings. The topological polar surface area (TPSA) is 96.3 Å². The van der Waals surface area contributed by atoms with Crippen molar-refractivity contribution in [1.29, 1.82) is 0 Å². The molecule has 0 saturated heterocycles. The summed E-state index contributed by atoms with van der Waals surface area (Å²) in [4.78, 5) is 49.7. The first-order chi connectivity index (χ1) is 14.0. The minimum absolute atomic E-state index is 0.251. The lowest BCUT2D eigenvalue weighted by Gasteiger charge is -2.14. The second-order valence-electron chi connectivity index (χ2n) is 6.58. The number of esters is 1. The molecule has 0 bridgehead atoms. The van der Waals surface area contributed by atoms with Gasteiger partial charge in [0.05, 0.1) is 23.4 Å². The summed E-state index contributed by atoms with van der Waals surface area (Å²) in [7, 11) is 0. The highest BCUT2D eigenvalue weighted by molar-refractivity contribution is 6.22. The Hall–Kier alpha value is -3.81. The van der Waals surface area contributed by atoms with Crippen molar-refractivity contribution in [1.82, 2.24) is 9.91 Å². The minimum Gasteiger partial charge on any atom is -0.454 e. The zero-order valence-corrected chi connectivity index (χ0v) is 15.4. The van der Waals surface area contributed by atoms with Gasteiger partial charge in [-0.2, -0.15) is 5.10 Å². The van der Waals surface area contributed by atoms with Gasteiger partial charge >= 0.3 is 5.97 Å². The van der Waals surface area contributed by atoms with Crippen LogP contribution in [0, 0.1) is 0 Å². The van der Waals surface area contributed by atoms with Gasteiger partial charge in [0.1, 0.15) is 6.54 Å². The Morgan fingerprint density at radius 3 is 2.21 bits per heavy atom. The van der Waals surface area contributed by atoms with Crippen molar-refractivity contribution in [2.24, 2.45) is 5.10 Å². The molecule has 3 amide bonds. The van der Waals surface area contributed by atoms with Gasteiger partial charge in [0.2, 0.25) is 0 Å². The summed E-state index contributed by atoms with van der Waals surface area (Å²) >= 11 is 0. The molecule has 0 radical (unpaired) electrons. The summed E-state index contributed by atoms with van der Waals surface area (Å²) in [6.45, 7) is -0.648. The van der Waals surface area contributed by atoms with E-state index in [4.69, 9.17) is 4.74 Å². The van der Waals surface area contributed by atoms with Crippen molar-refractivity contribution >= 4 is 29.4 Å². The van der Waals surface area contributed by atoms with Gasteiger partial charge < -0.3 is 4.74 Å². The van der Waals surface area contributed by atoms with Crippen LogP contribution < -0.4 is 0 Å². The molecule has 8 nitrogen and oxygen atoms in total. The Bertz CT molecular complexity index is 997. The van der Waals surface area contributed by atoms with Crippen LogP contribution >= 0.6 is 0 Å². The molecule has 2 aliphatic heterocycles. The molecular formula is C21H17N3O5. The number of hydrazone groups is 1. The van der Waals surface area contributed by atoms with E-state index in [2.05, 4.69) is 5.10 Å². The monoisotopic (exact) mass is 391 g/mol. The quantitative estimate of drug-likeness (QED) is 0.568. The van der Waals surface area contributed by atoms with E-state index in [-0.39, 0.29) is 11.1 Å². The third-order valence-electron chi connectivity index (χ3n) is 4.72. The molecule has 0 aliphatic carbocycles. The van der Waals surface area contributed by atoms with Crippen molar-refractivity contribution in [3.8, 4) is 0 Å². The summed E-state index contributed by atoms with van der Waals surface area (Å²) in [5.74, 6) is -2.40. The van der Waals surface area contributed by atoms with Crippen LogP contribution in [0.5, 0.6) is 0 Å². The van der Waals surface area contributed by atoms with E-state index in [1.807, 2.05) is 30.3 Å². The number of imide groups is 1. The summed E-state index contributed by atoms with van der Waals surface area (Å²) in [6, 6.07) is 15.8. The summed E-state index contributed by atoms with van der Waals surface area (Å²) < 4.78 is 4.97. The molecule has 4 rings (SSSR count). The number of hydrogen-bond acceptors (Lipinski definition) is 6. The molecule has 8 heteroatoms. The summed E-state index contributed by atoms with van der Waals surface area (Å²) in [5.41, 5.74) is 2.23. The van der Waals surface area contributed by atoms with Crippen LogP contribution in [0.2, 0.25) is 0 Å². The van der Waals surface area contributed by atoms with Crippen LogP contribution in [0.25, 0.3) is 0 Å². The van der Waals surface area contributed by atoms with Gasteiger partial charge in [-0.3, -0.25) is 24.1 Å². The molecule has 2 aromatic carbocycles. The first-order valence-corrected chi connectivity index (χ1v) is 9.08. The highest BCUT2D eigenvalue weighted by atomic mass is 16.5. The highest BCUT2D eigenvalue weighted by Crippen LogP contribution is 2.22. The van der Waals surface area contributed by atoms with Crippen LogP contribution in [0.4, 0.5) is 0 Å². The van der Waals surface area contributed by atoms with Crippen molar-refractivity contribution in [2.45, 2.75) is 6.42 Å². The third kappa shape index (κ3) is 3.64. The maximum absolute atomic E-state index is 12.3. The lowest BCUT2D eigenvalue weighted by molar-refractivity contribution is -0.151. The lowest BCUT2D eigenvalue weighted by Crippen LogP contribution is -2.37. The van der Waals surface area contributed by atoms with Gasteiger partial charge in [0.25, 0.3) is 17.7 Å². The lowest BCUT2D eigenvalue weighted by atomic mass is 10.1. The van der Waals surface area contributed by atoms with Crippen LogP contribution in [-0.2, 0) is 14.3 Å². The Morgan fingerprint density at radius 2 is 1.55 bits per heavy atom. The maximum Gasteiger partial charge on any atom is 0.326 e. The van der Waals surface area contributed by atoms with Gasteiger partial charge in [0.15, 0.2) is 6.61 Å². The Morgan fingerprint density at radius 1 is 0.931 bits per heavy atom.